The fourth-order valence-corrected chi connectivity index (χ4v) is 0.980. The van der Waals surface area contributed by atoms with E-state index in [1.165, 1.54) is 0 Å². The summed E-state index contributed by atoms with van der Waals surface area (Å²) >= 11 is 5.53. The van der Waals surface area contributed by atoms with E-state index in [4.69, 9.17) is 16.3 Å². The van der Waals surface area contributed by atoms with E-state index in [0.29, 0.717) is 0 Å². The number of carbonyl (C=O) groups is 2. The van der Waals surface area contributed by atoms with Crippen molar-refractivity contribution in [1.29, 1.82) is 0 Å². The molecule has 1 unspecified atom stereocenters. The van der Waals surface area contributed by atoms with E-state index in [2.05, 4.69) is 4.74 Å². The van der Waals surface area contributed by atoms with Crippen LogP contribution < -0.4 is 0 Å². The molecule has 5 heteroatoms. The van der Waals surface area contributed by atoms with Gasteiger partial charge in [-0.05, 0) is 20.3 Å². The Morgan fingerprint density at radius 2 is 1.87 bits per heavy atom. The van der Waals surface area contributed by atoms with Gasteiger partial charge in [0.2, 0.25) is 0 Å². The molecule has 0 aliphatic rings. The van der Waals surface area contributed by atoms with Gasteiger partial charge in [0.15, 0.2) is 0 Å². The Labute approximate surface area is 94.9 Å². The first-order chi connectivity index (χ1) is 6.97. The van der Waals surface area contributed by atoms with Gasteiger partial charge in [-0.1, -0.05) is 24.9 Å². The second-order valence-electron chi connectivity index (χ2n) is 3.40. The highest BCUT2D eigenvalue weighted by Gasteiger charge is 2.22. The molecule has 0 aliphatic heterocycles. The molecule has 88 valence electrons. The molecule has 0 amide bonds. The van der Waals surface area contributed by atoms with Crippen molar-refractivity contribution >= 4 is 23.5 Å². The summed E-state index contributed by atoms with van der Waals surface area (Å²) in [5.74, 6) is -1.20. The maximum Gasteiger partial charge on any atom is 0.363 e. The molecule has 4 nitrogen and oxygen atoms in total. The van der Waals surface area contributed by atoms with Crippen molar-refractivity contribution in [2.45, 2.75) is 51.7 Å². The van der Waals surface area contributed by atoms with Crippen molar-refractivity contribution < 1.29 is 19.1 Å². The number of hydrogen-bond donors (Lipinski definition) is 0. The van der Waals surface area contributed by atoms with E-state index >= 15 is 0 Å². The average molecular weight is 237 g/mol. The van der Waals surface area contributed by atoms with Gasteiger partial charge in [0, 0.05) is 6.42 Å². The maximum atomic E-state index is 11.1. The molecule has 0 heterocycles. The zero-order valence-corrected chi connectivity index (χ0v) is 10.0. The monoisotopic (exact) mass is 236 g/mol. The lowest BCUT2D eigenvalue weighted by Crippen LogP contribution is -2.26. The lowest BCUT2D eigenvalue weighted by Gasteiger charge is -2.12. The van der Waals surface area contributed by atoms with E-state index < -0.39 is 17.5 Å². The number of hydrogen-bond acceptors (Lipinski definition) is 4. The highest BCUT2D eigenvalue weighted by Crippen LogP contribution is 2.07. The summed E-state index contributed by atoms with van der Waals surface area (Å²) in [6, 6.07) is 0. The SMILES string of the molecule is CCCCC(=O)OC(Cl)C(=O)OC(C)C. The van der Waals surface area contributed by atoms with Crippen LogP contribution in [-0.2, 0) is 19.1 Å². The number of alkyl halides is 1. The van der Waals surface area contributed by atoms with E-state index in [1.807, 2.05) is 6.92 Å². The highest BCUT2D eigenvalue weighted by atomic mass is 35.5. The Balaban J connectivity index is 3.85. The smallest absolute Gasteiger partial charge is 0.363 e. The Morgan fingerprint density at radius 1 is 1.27 bits per heavy atom. The fraction of sp³-hybridized carbons (Fsp3) is 0.800. The summed E-state index contributed by atoms with van der Waals surface area (Å²) < 4.78 is 9.44. The van der Waals surface area contributed by atoms with Crippen LogP contribution in [0.1, 0.15) is 40.0 Å². The Hall–Kier alpha value is -0.770. The van der Waals surface area contributed by atoms with Gasteiger partial charge in [-0.2, -0.15) is 0 Å². The first kappa shape index (κ1) is 14.2. The largest absolute Gasteiger partial charge is 0.459 e. The maximum absolute atomic E-state index is 11.1. The van der Waals surface area contributed by atoms with Gasteiger partial charge in [0.1, 0.15) is 0 Å². The standard InChI is InChI=1S/C10H17ClO4/c1-4-5-6-8(12)15-9(11)10(13)14-7(2)3/h7,9H,4-6H2,1-3H3. The number of rotatable bonds is 6. The molecule has 0 saturated heterocycles. The highest BCUT2D eigenvalue weighted by molar-refractivity contribution is 6.29. The summed E-state index contributed by atoms with van der Waals surface area (Å²) in [7, 11) is 0. The summed E-state index contributed by atoms with van der Waals surface area (Å²) in [4.78, 5) is 22.2. The Morgan fingerprint density at radius 3 is 2.33 bits per heavy atom. The van der Waals surface area contributed by atoms with E-state index in [9.17, 15) is 9.59 Å². The van der Waals surface area contributed by atoms with Crippen molar-refractivity contribution in [3.05, 3.63) is 0 Å². The number of ether oxygens (including phenoxy) is 2. The van der Waals surface area contributed by atoms with Crippen LogP contribution in [0.25, 0.3) is 0 Å². The summed E-state index contributed by atoms with van der Waals surface area (Å²) in [6.07, 6.45) is 1.61. The molecule has 0 bridgehead atoms. The summed E-state index contributed by atoms with van der Waals surface area (Å²) in [6.45, 7) is 5.35. The third kappa shape index (κ3) is 7.19. The van der Waals surface area contributed by atoms with Crippen molar-refractivity contribution in [3.8, 4) is 0 Å². The molecule has 1 atom stereocenters. The van der Waals surface area contributed by atoms with Gasteiger partial charge in [-0.25, -0.2) is 4.79 Å². The van der Waals surface area contributed by atoms with Crippen molar-refractivity contribution in [2.75, 3.05) is 0 Å². The Bertz CT molecular complexity index is 215. The molecule has 0 aromatic rings. The minimum Gasteiger partial charge on any atom is -0.459 e. The van der Waals surface area contributed by atoms with Crippen LogP contribution in [-0.4, -0.2) is 23.6 Å². The van der Waals surface area contributed by atoms with Crippen LogP contribution in [0.2, 0.25) is 0 Å². The van der Waals surface area contributed by atoms with Gasteiger partial charge in [-0.3, -0.25) is 4.79 Å². The van der Waals surface area contributed by atoms with Crippen molar-refractivity contribution in [2.24, 2.45) is 0 Å². The molecule has 0 aromatic carbocycles. The van der Waals surface area contributed by atoms with Crippen molar-refractivity contribution in [3.63, 3.8) is 0 Å². The Kier molecular flexibility index (Phi) is 7.13. The van der Waals surface area contributed by atoms with E-state index in [0.717, 1.165) is 12.8 Å². The van der Waals surface area contributed by atoms with Crippen LogP contribution >= 0.6 is 11.6 Å². The zero-order valence-electron chi connectivity index (χ0n) is 9.29. The number of halogens is 1. The summed E-state index contributed by atoms with van der Waals surface area (Å²) in [5, 5.41) is 0. The minimum absolute atomic E-state index is 0.270. The summed E-state index contributed by atoms with van der Waals surface area (Å²) in [5.41, 5.74) is -1.34. The van der Waals surface area contributed by atoms with Gasteiger partial charge in [0.05, 0.1) is 6.10 Å². The molecule has 0 aliphatic carbocycles. The molecule has 0 N–H and O–H groups in total. The number of carbonyl (C=O) groups excluding carboxylic acids is 2. The second-order valence-corrected chi connectivity index (χ2v) is 3.79. The predicted octanol–water partition coefficient (Wildman–Crippen LogP) is 2.24. The van der Waals surface area contributed by atoms with Gasteiger partial charge < -0.3 is 9.47 Å². The quantitative estimate of drug-likeness (QED) is 0.524. The topological polar surface area (TPSA) is 52.6 Å². The van der Waals surface area contributed by atoms with Gasteiger partial charge >= 0.3 is 11.9 Å². The molecule has 15 heavy (non-hydrogen) atoms. The molecular weight excluding hydrogens is 220 g/mol. The molecule has 0 spiro atoms. The number of unbranched alkanes of at least 4 members (excludes halogenated alkanes) is 1. The van der Waals surface area contributed by atoms with Crippen LogP contribution in [0.3, 0.4) is 0 Å². The van der Waals surface area contributed by atoms with Gasteiger partial charge in [-0.15, -0.1) is 0 Å². The lowest BCUT2D eigenvalue weighted by molar-refractivity contribution is -0.164. The predicted molar refractivity (Wildman–Crippen MR) is 56.5 cm³/mol. The van der Waals surface area contributed by atoms with Crippen LogP contribution in [0.4, 0.5) is 0 Å². The van der Waals surface area contributed by atoms with Crippen molar-refractivity contribution in [1.82, 2.24) is 0 Å². The first-order valence-electron chi connectivity index (χ1n) is 5.01. The van der Waals surface area contributed by atoms with Crippen LogP contribution in [0.15, 0.2) is 0 Å². The third-order valence-corrected chi connectivity index (χ3v) is 1.77. The first-order valence-corrected chi connectivity index (χ1v) is 5.45. The number of esters is 2. The third-order valence-electron chi connectivity index (χ3n) is 1.51. The average Bonchev–Trinajstić information content (AvgIpc) is 2.13. The second kappa shape index (κ2) is 7.51. The molecule has 0 fully saturated rings. The van der Waals surface area contributed by atoms with E-state index in [-0.39, 0.29) is 12.5 Å². The molecule has 0 aromatic heterocycles. The normalized spacial score (nSPS) is 12.3. The molecule has 0 radical (unpaired) electrons. The molecule has 0 saturated carbocycles. The van der Waals surface area contributed by atoms with Crippen LogP contribution in [0, 0.1) is 0 Å². The fourth-order valence-electron chi connectivity index (χ4n) is 0.829. The molecular formula is C10H17ClO4. The lowest BCUT2D eigenvalue weighted by atomic mass is 10.2. The molecule has 0 rings (SSSR count). The zero-order chi connectivity index (χ0) is 11.8. The van der Waals surface area contributed by atoms with E-state index in [1.54, 1.807) is 13.8 Å². The van der Waals surface area contributed by atoms with Crippen LogP contribution in [0.5, 0.6) is 0 Å². The minimum atomic E-state index is -1.34. The van der Waals surface area contributed by atoms with Gasteiger partial charge in [0.25, 0.3) is 5.56 Å².